The van der Waals surface area contributed by atoms with E-state index in [1.54, 1.807) is 0 Å². The molecule has 0 amide bonds. The maximum atomic E-state index is 12.4. The summed E-state index contributed by atoms with van der Waals surface area (Å²) < 4.78 is 27.6. The van der Waals surface area contributed by atoms with Gasteiger partial charge in [-0.3, -0.25) is 0 Å². The summed E-state index contributed by atoms with van der Waals surface area (Å²) in [5.41, 5.74) is 0. The molecule has 0 heterocycles. The predicted octanol–water partition coefficient (Wildman–Crippen LogP) is 4.23. The number of nitrogens with one attached hydrogen (secondary N) is 1. The van der Waals surface area contributed by atoms with Gasteiger partial charge in [0, 0.05) is 11.4 Å². The molecule has 1 aromatic rings. The van der Waals surface area contributed by atoms with E-state index in [0.29, 0.717) is 10.9 Å². The topological polar surface area (TPSA) is 46.2 Å². The van der Waals surface area contributed by atoms with Crippen LogP contribution in [0.2, 0.25) is 10.0 Å². The van der Waals surface area contributed by atoms with Gasteiger partial charge in [-0.2, -0.15) is 0 Å². The summed E-state index contributed by atoms with van der Waals surface area (Å²) in [4.78, 5) is 0.158. The fourth-order valence-corrected chi connectivity index (χ4v) is 4.96. The smallest absolute Gasteiger partial charge is 0.208 e. The Bertz CT molecular complexity index is 580. The molecule has 0 bridgehead atoms. The minimum atomic E-state index is -3.56. The Morgan fingerprint density at radius 3 is 2.55 bits per heavy atom. The van der Waals surface area contributed by atoms with E-state index in [2.05, 4.69) is 20.7 Å². The van der Waals surface area contributed by atoms with Gasteiger partial charge in [-0.15, -0.1) is 0 Å². The van der Waals surface area contributed by atoms with Crippen molar-refractivity contribution in [1.29, 1.82) is 0 Å². The molecule has 3 nitrogen and oxygen atoms in total. The number of hydrogen-bond donors (Lipinski definition) is 1. The molecule has 1 aromatic carbocycles. The second-order valence-corrected chi connectivity index (χ2v) is 8.18. The highest BCUT2D eigenvalue weighted by Crippen LogP contribution is 2.29. The van der Waals surface area contributed by atoms with Crippen LogP contribution in [0.4, 0.5) is 0 Å². The highest BCUT2D eigenvalue weighted by atomic mass is 79.9. The first-order valence-electron chi connectivity index (χ1n) is 6.47. The van der Waals surface area contributed by atoms with Gasteiger partial charge in [0.25, 0.3) is 0 Å². The Labute approximate surface area is 138 Å². The zero-order chi connectivity index (χ0) is 14.8. The Morgan fingerprint density at radius 1 is 1.20 bits per heavy atom. The van der Waals surface area contributed by atoms with E-state index in [1.807, 2.05) is 0 Å². The Balaban J connectivity index is 2.19. The first-order valence-corrected chi connectivity index (χ1v) is 9.83. The van der Waals surface area contributed by atoms with Crippen molar-refractivity contribution >= 4 is 49.2 Å². The monoisotopic (exact) mass is 399 g/mol. The normalized spacial score (nSPS) is 23.8. The molecule has 112 valence electrons. The van der Waals surface area contributed by atoms with Crippen LogP contribution in [0.1, 0.15) is 25.7 Å². The largest absolute Gasteiger partial charge is 0.240 e. The van der Waals surface area contributed by atoms with Gasteiger partial charge in [0.05, 0.1) is 14.9 Å². The zero-order valence-electron chi connectivity index (χ0n) is 10.8. The highest BCUT2D eigenvalue weighted by molar-refractivity contribution is 9.09. The summed E-state index contributed by atoms with van der Waals surface area (Å²) in [6, 6.07) is 4.34. The van der Waals surface area contributed by atoms with Crippen molar-refractivity contribution in [3.05, 3.63) is 28.2 Å². The lowest BCUT2D eigenvalue weighted by molar-refractivity contribution is 0.316. The first kappa shape index (κ1) is 16.6. The summed E-state index contributed by atoms with van der Waals surface area (Å²) in [7, 11) is -3.56. The molecule has 2 unspecified atom stereocenters. The quantitative estimate of drug-likeness (QED) is 0.768. The molecule has 1 aliphatic rings. The molecule has 1 N–H and O–H groups in total. The lowest BCUT2D eigenvalue weighted by atomic mass is 9.87. The van der Waals surface area contributed by atoms with Crippen molar-refractivity contribution in [3.63, 3.8) is 0 Å². The average Bonchev–Trinajstić information content (AvgIpc) is 2.42. The lowest BCUT2D eigenvalue weighted by Crippen LogP contribution is -2.42. The summed E-state index contributed by atoms with van der Waals surface area (Å²) in [6.07, 6.45) is 4.12. The standard InChI is InChI=1S/C13H16BrCl2NO2S/c14-8-9-3-1-2-4-13(9)17-20(18,19)10-5-6-11(15)12(16)7-10/h5-7,9,13,17H,1-4,8H2. The molecule has 2 rings (SSSR count). The lowest BCUT2D eigenvalue weighted by Gasteiger charge is -2.30. The molecule has 0 spiro atoms. The van der Waals surface area contributed by atoms with Crippen molar-refractivity contribution in [2.75, 3.05) is 5.33 Å². The molecule has 20 heavy (non-hydrogen) atoms. The van der Waals surface area contributed by atoms with E-state index in [1.165, 1.54) is 18.2 Å². The van der Waals surface area contributed by atoms with Gasteiger partial charge in [0.15, 0.2) is 0 Å². The van der Waals surface area contributed by atoms with E-state index in [0.717, 1.165) is 31.0 Å². The summed E-state index contributed by atoms with van der Waals surface area (Å²) in [5, 5.41) is 1.40. The minimum absolute atomic E-state index is 0.0254. The molecule has 2 atom stereocenters. The van der Waals surface area contributed by atoms with Crippen molar-refractivity contribution in [2.24, 2.45) is 5.92 Å². The van der Waals surface area contributed by atoms with E-state index in [-0.39, 0.29) is 16.0 Å². The van der Waals surface area contributed by atoms with E-state index in [9.17, 15) is 8.42 Å². The number of benzene rings is 1. The number of sulfonamides is 1. The maximum absolute atomic E-state index is 12.4. The molecule has 0 radical (unpaired) electrons. The second kappa shape index (κ2) is 6.97. The predicted molar refractivity (Wildman–Crippen MR) is 86.3 cm³/mol. The highest BCUT2D eigenvalue weighted by Gasteiger charge is 2.29. The number of hydrogen-bond acceptors (Lipinski definition) is 2. The van der Waals surface area contributed by atoms with E-state index < -0.39 is 10.0 Å². The SMILES string of the molecule is O=S(=O)(NC1CCCCC1CBr)c1ccc(Cl)c(Cl)c1. The molecule has 0 saturated heterocycles. The van der Waals surface area contributed by atoms with Crippen molar-refractivity contribution in [1.82, 2.24) is 4.72 Å². The van der Waals surface area contributed by atoms with Crippen LogP contribution < -0.4 is 4.72 Å². The molecular formula is C13H16BrCl2NO2S. The van der Waals surface area contributed by atoms with Crippen molar-refractivity contribution in [3.8, 4) is 0 Å². The molecule has 7 heteroatoms. The second-order valence-electron chi connectivity index (χ2n) is 5.00. The number of alkyl halides is 1. The fraction of sp³-hybridized carbons (Fsp3) is 0.538. The van der Waals surface area contributed by atoms with Gasteiger partial charge in [0.1, 0.15) is 0 Å². The summed E-state index contributed by atoms with van der Waals surface area (Å²) in [5.74, 6) is 0.335. The molecule has 0 aromatic heterocycles. The first-order chi connectivity index (χ1) is 9.44. The summed E-state index contributed by atoms with van der Waals surface area (Å²) in [6.45, 7) is 0. The molecule has 1 fully saturated rings. The third-order valence-corrected chi connectivity index (χ3v) is 6.67. The third-order valence-electron chi connectivity index (χ3n) is 3.62. The van der Waals surface area contributed by atoms with Gasteiger partial charge in [0.2, 0.25) is 10.0 Å². The fourth-order valence-electron chi connectivity index (χ4n) is 2.46. The third kappa shape index (κ3) is 3.89. The van der Waals surface area contributed by atoms with Crippen LogP contribution in [-0.2, 0) is 10.0 Å². The Morgan fingerprint density at radius 2 is 1.90 bits per heavy atom. The van der Waals surface area contributed by atoms with E-state index >= 15 is 0 Å². The van der Waals surface area contributed by atoms with Crippen LogP contribution in [-0.4, -0.2) is 19.8 Å². The maximum Gasteiger partial charge on any atom is 0.240 e. The van der Waals surface area contributed by atoms with Gasteiger partial charge >= 0.3 is 0 Å². The van der Waals surface area contributed by atoms with Crippen LogP contribution >= 0.6 is 39.1 Å². The van der Waals surface area contributed by atoms with Crippen molar-refractivity contribution < 1.29 is 8.42 Å². The minimum Gasteiger partial charge on any atom is -0.208 e. The average molecular weight is 401 g/mol. The van der Waals surface area contributed by atoms with Crippen LogP contribution in [0.3, 0.4) is 0 Å². The van der Waals surface area contributed by atoms with Crippen LogP contribution in [0.15, 0.2) is 23.1 Å². The van der Waals surface area contributed by atoms with Crippen LogP contribution in [0.25, 0.3) is 0 Å². The molecule has 1 saturated carbocycles. The summed E-state index contributed by atoms with van der Waals surface area (Å²) >= 11 is 15.2. The van der Waals surface area contributed by atoms with Gasteiger partial charge in [-0.25, -0.2) is 13.1 Å². The Hall–Kier alpha value is 0.190. The molecular weight excluding hydrogens is 385 g/mol. The molecule has 0 aliphatic heterocycles. The Kier molecular flexibility index (Phi) is 5.77. The van der Waals surface area contributed by atoms with Crippen LogP contribution in [0, 0.1) is 5.92 Å². The molecule has 1 aliphatic carbocycles. The van der Waals surface area contributed by atoms with Gasteiger partial charge in [-0.05, 0) is 37.0 Å². The van der Waals surface area contributed by atoms with E-state index in [4.69, 9.17) is 23.2 Å². The number of rotatable bonds is 4. The van der Waals surface area contributed by atoms with Gasteiger partial charge in [-0.1, -0.05) is 52.0 Å². The van der Waals surface area contributed by atoms with Gasteiger partial charge < -0.3 is 0 Å². The van der Waals surface area contributed by atoms with Crippen molar-refractivity contribution in [2.45, 2.75) is 36.6 Å². The zero-order valence-corrected chi connectivity index (χ0v) is 14.7. The van der Waals surface area contributed by atoms with Crippen LogP contribution in [0.5, 0.6) is 0 Å². The number of halogens is 3.